The van der Waals surface area contributed by atoms with E-state index in [0.717, 1.165) is 6.42 Å². The Morgan fingerprint density at radius 3 is 2.59 bits per heavy atom. The van der Waals surface area contributed by atoms with E-state index in [1.165, 1.54) is 24.6 Å². The largest absolute Gasteiger partial charge is 0.352 e. The van der Waals surface area contributed by atoms with Crippen LogP contribution in [0.1, 0.15) is 46.5 Å². The summed E-state index contributed by atoms with van der Waals surface area (Å²) in [5.41, 5.74) is 0. The highest BCUT2D eigenvalue weighted by atomic mass is 32.2. The highest BCUT2D eigenvalue weighted by molar-refractivity contribution is 8.02. The number of carbonyl (C=O) groups excluding carboxylic acids is 1. The monoisotopic (exact) mass is 347 g/mol. The number of hydrogen-bond donors (Lipinski definition) is 1. The third-order valence-electron chi connectivity index (χ3n) is 5.01. The topological polar surface area (TPSA) is 63.2 Å². The molecule has 128 valence electrons. The molecule has 0 bridgehead atoms. The number of carbonyl (C=O) groups is 1. The lowest BCUT2D eigenvalue weighted by Crippen LogP contribution is -2.46. The SMILES string of the molecule is CC(C)[C@H]1CC[C@@H](C)C[C@@H]1NC(=O)CS[C@@H]1CCS(=O)(=O)C1. The molecule has 1 aliphatic heterocycles. The fourth-order valence-electron chi connectivity index (χ4n) is 3.70. The number of sulfone groups is 1. The maximum atomic E-state index is 12.2. The molecule has 1 heterocycles. The molecular weight excluding hydrogens is 318 g/mol. The van der Waals surface area contributed by atoms with Gasteiger partial charge in [-0.05, 0) is 37.0 Å². The van der Waals surface area contributed by atoms with Crippen LogP contribution < -0.4 is 5.32 Å². The second-order valence-electron chi connectivity index (χ2n) is 7.34. The average Bonchev–Trinajstić information content (AvgIpc) is 2.76. The standard InChI is InChI=1S/C16H29NO3S2/c1-11(2)14-5-4-12(3)8-15(14)17-16(18)9-21-13-6-7-22(19,20)10-13/h11-15H,4-10H2,1-3H3,(H,17,18)/t12-,13-,14-,15+/m1/s1. The first-order valence-electron chi connectivity index (χ1n) is 8.38. The van der Waals surface area contributed by atoms with Gasteiger partial charge in [-0.25, -0.2) is 8.42 Å². The molecule has 0 unspecified atom stereocenters. The van der Waals surface area contributed by atoms with Crippen LogP contribution in [0.25, 0.3) is 0 Å². The van der Waals surface area contributed by atoms with Gasteiger partial charge in [0.2, 0.25) is 5.91 Å². The van der Waals surface area contributed by atoms with Crippen LogP contribution in [-0.4, -0.2) is 42.9 Å². The highest BCUT2D eigenvalue weighted by Crippen LogP contribution is 2.33. The van der Waals surface area contributed by atoms with Crippen LogP contribution in [0, 0.1) is 17.8 Å². The summed E-state index contributed by atoms with van der Waals surface area (Å²) < 4.78 is 22.9. The van der Waals surface area contributed by atoms with Crippen molar-refractivity contribution < 1.29 is 13.2 Å². The summed E-state index contributed by atoms with van der Waals surface area (Å²) in [5, 5.41) is 3.32. The van der Waals surface area contributed by atoms with Gasteiger partial charge in [0.1, 0.15) is 0 Å². The van der Waals surface area contributed by atoms with Crippen molar-refractivity contribution in [1.82, 2.24) is 5.32 Å². The summed E-state index contributed by atoms with van der Waals surface area (Å²) in [6.45, 7) is 6.73. The van der Waals surface area contributed by atoms with Crippen LogP contribution in [0.3, 0.4) is 0 Å². The zero-order valence-corrected chi connectivity index (χ0v) is 15.5. The lowest BCUT2D eigenvalue weighted by atomic mass is 9.74. The molecule has 4 nitrogen and oxygen atoms in total. The lowest BCUT2D eigenvalue weighted by Gasteiger charge is -2.37. The first kappa shape index (κ1) is 18.1. The van der Waals surface area contributed by atoms with Crippen LogP contribution in [-0.2, 0) is 14.6 Å². The maximum Gasteiger partial charge on any atom is 0.230 e. The Balaban J connectivity index is 1.80. The molecule has 22 heavy (non-hydrogen) atoms. The van der Waals surface area contributed by atoms with Crippen molar-refractivity contribution in [2.45, 2.75) is 57.7 Å². The average molecular weight is 348 g/mol. The zero-order chi connectivity index (χ0) is 16.3. The van der Waals surface area contributed by atoms with E-state index in [-0.39, 0.29) is 28.7 Å². The Morgan fingerprint density at radius 1 is 1.27 bits per heavy atom. The quantitative estimate of drug-likeness (QED) is 0.830. The molecule has 1 aliphatic carbocycles. The van der Waals surface area contributed by atoms with Crippen molar-refractivity contribution in [3.8, 4) is 0 Å². The Hall–Kier alpha value is -0.230. The molecule has 1 saturated carbocycles. The molecule has 0 aromatic heterocycles. The molecular formula is C16H29NO3S2. The van der Waals surface area contributed by atoms with Crippen molar-refractivity contribution in [3.63, 3.8) is 0 Å². The number of nitrogens with one attached hydrogen (secondary N) is 1. The van der Waals surface area contributed by atoms with Gasteiger partial charge in [-0.15, -0.1) is 11.8 Å². The predicted octanol–water partition coefficient (Wildman–Crippen LogP) is 2.48. The van der Waals surface area contributed by atoms with Crippen molar-refractivity contribution >= 4 is 27.5 Å². The zero-order valence-electron chi connectivity index (χ0n) is 13.9. The fraction of sp³-hybridized carbons (Fsp3) is 0.938. The van der Waals surface area contributed by atoms with Gasteiger partial charge in [0, 0.05) is 11.3 Å². The van der Waals surface area contributed by atoms with Gasteiger partial charge in [-0.3, -0.25) is 4.79 Å². The van der Waals surface area contributed by atoms with E-state index >= 15 is 0 Å². The van der Waals surface area contributed by atoms with Crippen LogP contribution in [0.5, 0.6) is 0 Å². The Labute approximate surface area is 139 Å². The molecule has 2 fully saturated rings. The van der Waals surface area contributed by atoms with E-state index < -0.39 is 9.84 Å². The van der Waals surface area contributed by atoms with E-state index in [4.69, 9.17) is 0 Å². The maximum absolute atomic E-state index is 12.2. The van der Waals surface area contributed by atoms with Crippen molar-refractivity contribution in [3.05, 3.63) is 0 Å². The van der Waals surface area contributed by atoms with Crippen molar-refractivity contribution in [1.29, 1.82) is 0 Å². The molecule has 0 radical (unpaired) electrons. The summed E-state index contributed by atoms with van der Waals surface area (Å²) in [7, 11) is -2.85. The Kier molecular flexibility index (Phi) is 6.22. The molecule has 0 aromatic carbocycles. The second-order valence-corrected chi connectivity index (χ2v) is 10.9. The highest BCUT2D eigenvalue weighted by Gasteiger charge is 2.32. The summed E-state index contributed by atoms with van der Waals surface area (Å²) in [6.07, 6.45) is 4.20. The molecule has 1 saturated heterocycles. The van der Waals surface area contributed by atoms with E-state index in [2.05, 4.69) is 26.1 Å². The predicted molar refractivity (Wildman–Crippen MR) is 92.8 cm³/mol. The van der Waals surface area contributed by atoms with E-state index in [1.807, 2.05) is 0 Å². The van der Waals surface area contributed by atoms with Gasteiger partial charge in [0.05, 0.1) is 17.3 Å². The number of amides is 1. The van der Waals surface area contributed by atoms with Crippen LogP contribution >= 0.6 is 11.8 Å². The summed E-state index contributed by atoms with van der Waals surface area (Å²) in [5.74, 6) is 2.80. The number of rotatable bonds is 5. The molecule has 0 aromatic rings. The van der Waals surface area contributed by atoms with E-state index in [1.54, 1.807) is 0 Å². The van der Waals surface area contributed by atoms with Gasteiger partial charge in [-0.2, -0.15) is 0 Å². The molecule has 2 rings (SSSR count). The molecule has 2 aliphatic rings. The lowest BCUT2D eigenvalue weighted by molar-refractivity contribution is -0.120. The van der Waals surface area contributed by atoms with Crippen LogP contribution in [0.4, 0.5) is 0 Å². The molecule has 6 heteroatoms. The van der Waals surface area contributed by atoms with Gasteiger partial charge in [0.25, 0.3) is 0 Å². The summed E-state index contributed by atoms with van der Waals surface area (Å²) in [4.78, 5) is 12.2. The van der Waals surface area contributed by atoms with Gasteiger partial charge in [-0.1, -0.05) is 27.2 Å². The fourth-order valence-corrected chi connectivity index (χ4v) is 7.16. The molecule has 0 spiro atoms. The molecule has 4 atom stereocenters. The Bertz CT molecular complexity index is 490. The number of thioether (sulfide) groups is 1. The second kappa shape index (κ2) is 7.56. The minimum Gasteiger partial charge on any atom is -0.352 e. The summed E-state index contributed by atoms with van der Waals surface area (Å²) >= 11 is 1.50. The van der Waals surface area contributed by atoms with Gasteiger partial charge in [0.15, 0.2) is 9.84 Å². The van der Waals surface area contributed by atoms with Gasteiger partial charge < -0.3 is 5.32 Å². The summed E-state index contributed by atoms with van der Waals surface area (Å²) in [6, 6.07) is 0.282. The third kappa shape index (κ3) is 5.15. The smallest absolute Gasteiger partial charge is 0.230 e. The van der Waals surface area contributed by atoms with E-state index in [0.29, 0.717) is 29.9 Å². The molecule has 1 N–H and O–H groups in total. The molecule has 1 amide bonds. The van der Waals surface area contributed by atoms with Crippen molar-refractivity contribution in [2.24, 2.45) is 17.8 Å². The van der Waals surface area contributed by atoms with E-state index in [9.17, 15) is 13.2 Å². The first-order chi connectivity index (χ1) is 10.3. The van der Waals surface area contributed by atoms with Crippen LogP contribution in [0.2, 0.25) is 0 Å². The van der Waals surface area contributed by atoms with Gasteiger partial charge >= 0.3 is 0 Å². The van der Waals surface area contributed by atoms with Crippen LogP contribution in [0.15, 0.2) is 0 Å². The third-order valence-corrected chi connectivity index (χ3v) is 8.29. The first-order valence-corrected chi connectivity index (χ1v) is 11.2. The minimum atomic E-state index is -2.85. The minimum absolute atomic E-state index is 0.0686. The van der Waals surface area contributed by atoms with Crippen molar-refractivity contribution in [2.75, 3.05) is 17.3 Å². The Morgan fingerprint density at radius 2 is 2.00 bits per heavy atom. The number of hydrogen-bond acceptors (Lipinski definition) is 4. The normalized spacial score (nSPS) is 34.7.